The van der Waals surface area contributed by atoms with Crippen LogP contribution in [0.25, 0.3) is 0 Å². The largest absolute Gasteiger partial charge is 0.497 e. The van der Waals surface area contributed by atoms with Crippen molar-refractivity contribution in [3.05, 3.63) is 81.9 Å². The predicted molar refractivity (Wildman–Crippen MR) is 126 cm³/mol. The average molecular weight is 536 g/mol. The molecule has 0 bridgehead atoms. The quantitative estimate of drug-likeness (QED) is 0.453. The van der Waals surface area contributed by atoms with Crippen molar-refractivity contribution in [3.63, 3.8) is 0 Å². The number of hydrogen-bond acceptors (Lipinski definition) is 4. The summed E-state index contributed by atoms with van der Waals surface area (Å²) in [5.41, 5.74) is 1.96. The second-order valence-corrected chi connectivity index (χ2v) is 9.64. The number of carbonyl (C=O) groups is 1. The van der Waals surface area contributed by atoms with Gasteiger partial charge in [-0.3, -0.25) is 9.10 Å². The molecule has 0 aliphatic rings. The maximum absolute atomic E-state index is 13.3. The van der Waals surface area contributed by atoms with Gasteiger partial charge in [0.1, 0.15) is 12.3 Å². The molecule has 0 saturated carbocycles. The third-order valence-corrected chi connectivity index (χ3v) is 6.90. The first-order valence-corrected chi connectivity index (χ1v) is 11.6. The van der Waals surface area contributed by atoms with Crippen LogP contribution in [0.1, 0.15) is 5.56 Å². The van der Waals surface area contributed by atoms with E-state index in [1.54, 1.807) is 48.5 Å². The fourth-order valence-electron chi connectivity index (χ4n) is 2.87. The van der Waals surface area contributed by atoms with Crippen molar-refractivity contribution in [1.82, 2.24) is 0 Å². The average Bonchev–Trinajstić information content (AvgIpc) is 2.74. The molecule has 3 aromatic rings. The number of para-hydroxylation sites is 1. The summed E-state index contributed by atoms with van der Waals surface area (Å²) in [5, 5.41) is 2.81. The Morgan fingerprint density at radius 3 is 2.30 bits per heavy atom. The molecule has 156 valence electrons. The Bertz CT molecular complexity index is 1130. The number of methoxy groups -OCH3 is 1. The second-order valence-electron chi connectivity index (χ2n) is 6.53. The molecule has 0 fully saturated rings. The van der Waals surface area contributed by atoms with E-state index in [1.807, 2.05) is 19.1 Å². The Labute approximate surface area is 190 Å². The lowest BCUT2D eigenvalue weighted by Crippen LogP contribution is -2.38. The minimum absolute atomic E-state index is 0.0744. The van der Waals surface area contributed by atoms with Gasteiger partial charge in [0.15, 0.2) is 0 Å². The van der Waals surface area contributed by atoms with Crippen LogP contribution in [0.5, 0.6) is 5.75 Å². The zero-order valence-electron chi connectivity index (χ0n) is 16.5. The number of carbonyl (C=O) groups excluding carboxylic acids is 1. The molecule has 0 radical (unpaired) electrons. The van der Waals surface area contributed by atoms with Gasteiger partial charge in [-0.25, -0.2) is 8.42 Å². The van der Waals surface area contributed by atoms with Gasteiger partial charge in [0.25, 0.3) is 10.0 Å². The molecule has 0 aromatic heterocycles. The van der Waals surface area contributed by atoms with Gasteiger partial charge in [0.05, 0.1) is 17.7 Å². The van der Waals surface area contributed by atoms with E-state index < -0.39 is 15.9 Å². The van der Waals surface area contributed by atoms with Crippen LogP contribution in [-0.2, 0) is 14.8 Å². The summed E-state index contributed by atoms with van der Waals surface area (Å²) in [6.45, 7) is 1.53. The number of halogens is 1. The minimum atomic E-state index is -3.97. The van der Waals surface area contributed by atoms with Crippen LogP contribution < -0.4 is 14.4 Å². The highest BCUT2D eigenvalue weighted by atomic mass is 127. The number of sulfonamides is 1. The van der Waals surface area contributed by atoms with Crippen LogP contribution in [-0.4, -0.2) is 28.0 Å². The Hall–Kier alpha value is -2.59. The number of amides is 1. The fourth-order valence-corrected chi connectivity index (χ4v) is 4.94. The van der Waals surface area contributed by atoms with Crippen molar-refractivity contribution in [3.8, 4) is 5.75 Å². The zero-order chi connectivity index (χ0) is 21.7. The highest BCUT2D eigenvalue weighted by molar-refractivity contribution is 14.1. The molecule has 0 saturated heterocycles. The van der Waals surface area contributed by atoms with E-state index in [-0.39, 0.29) is 11.4 Å². The molecule has 3 aromatic carbocycles. The van der Waals surface area contributed by atoms with Gasteiger partial charge < -0.3 is 10.1 Å². The molecular formula is C22H21IN2O4S. The summed E-state index contributed by atoms with van der Waals surface area (Å²) in [5.74, 6) is 0.118. The standard InChI is InChI=1S/C22H21IN2O4S/c1-16-14-17(23)8-13-21(16)24-22(26)15-25(18-6-4-3-5-7-18)30(27,28)20-11-9-19(29-2)10-12-20/h3-14H,15H2,1-2H3,(H,24,26). The Kier molecular flexibility index (Phi) is 6.99. The van der Waals surface area contributed by atoms with Crippen molar-refractivity contribution >= 4 is 49.9 Å². The van der Waals surface area contributed by atoms with Crippen LogP contribution in [0.2, 0.25) is 0 Å². The molecule has 1 amide bonds. The molecule has 1 N–H and O–H groups in total. The van der Waals surface area contributed by atoms with E-state index >= 15 is 0 Å². The van der Waals surface area contributed by atoms with E-state index in [0.717, 1.165) is 13.4 Å². The number of hydrogen-bond donors (Lipinski definition) is 1. The molecule has 8 heteroatoms. The highest BCUT2D eigenvalue weighted by Crippen LogP contribution is 2.25. The molecule has 3 rings (SSSR count). The molecule has 6 nitrogen and oxygen atoms in total. The van der Waals surface area contributed by atoms with Crippen LogP contribution in [0.4, 0.5) is 11.4 Å². The van der Waals surface area contributed by atoms with E-state index in [1.165, 1.54) is 19.2 Å². The van der Waals surface area contributed by atoms with Crippen molar-refractivity contribution in [1.29, 1.82) is 0 Å². The minimum Gasteiger partial charge on any atom is -0.497 e. The second kappa shape index (κ2) is 9.48. The summed E-state index contributed by atoms with van der Waals surface area (Å²) in [4.78, 5) is 12.8. The van der Waals surface area contributed by atoms with Crippen molar-refractivity contribution in [2.24, 2.45) is 0 Å². The van der Waals surface area contributed by atoms with Crippen LogP contribution in [0.15, 0.2) is 77.7 Å². The van der Waals surface area contributed by atoms with Crippen LogP contribution in [0.3, 0.4) is 0 Å². The lowest BCUT2D eigenvalue weighted by Gasteiger charge is -2.24. The van der Waals surface area contributed by atoms with Gasteiger partial charge >= 0.3 is 0 Å². The SMILES string of the molecule is COc1ccc(S(=O)(=O)N(CC(=O)Nc2ccc(I)cc2C)c2ccccc2)cc1. The summed E-state index contributed by atoms with van der Waals surface area (Å²) < 4.78 is 33.9. The van der Waals surface area contributed by atoms with E-state index in [0.29, 0.717) is 17.1 Å². The van der Waals surface area contributed by atoms with Gasteiger partial charge in [0, 0.05) is 9.26 Å². The molecule has 0 aliphatic heterocycles. The number of benzene rings is 3. The van der Waals surface area contributed by atoms with Gasteiger partial charge in [-0.05, 0) is 89.7 Å². The van der Waals surface area contributed by atoms with Crippen molar-refractivity contribution in [2.45, 2.75) is 11.8 Å². The molecular weight excluding hydrogens is 515 g/mol. The number of aryl methyl sites for hydroxylation is 1. The van der Waals surface area contributed by atoms with Gasteiger partial charge in [-0.2, -0.15) is 0 Å². The monoisotopic (exact) mass is 536 g/mol. The van der Waals surface area contributed by atoms with E-state index in [9.17, 15) is 13.2 Å². The molecule has 30 heavy (non-hydrogen) atoms. The Morgan fingerprint density at radius 2 is 1.70 bits per heavy atom. The first-order chi connectivity index (χ1) is 14.3. The maximum atomic E-state index is 13.3. The van der Waals surface area contributed by atoms with E-state index in [4.69, 9.17) is 4.74 Å². The van der Waals surface area contributed by atoms with Crippen molar-refractivity contribution in [2.75, 3.05) is 23.3 Å². The Balaban J connectivity index is 1.91. The summed E-state index contributed by atoms with van der Waals surface area (Å²) in [7, 11) is -2.46. The molecule has 0 heterocycles. The first-order valence-electron chi connectivity index (χ1n) is 9.09. The zero-order valence-corrected chi connectivity index (χ0v) is 19.5. The summed E-state index contributed by atoms with van der Waals surface area (Å²) >= 11 is 2.20. The molecule has 0 spiro atoms. The van der Waals surface area contributed by atoms with Crippen LogP contribution in [0, 0.1) is 10.5 Å². The third-order valence-electron chi connectivity index (χ3n) is 4.44. The normalized spacial score (nSPS) is 11.0. The number of nitrogens with zero attached hydrogens (tertiary/aromatic N) is 1. The van der Waals surface area contributed by atoms with Crippen LogP contribution >= 0.6 is 22.6 Å². The summed E-state index contributed by atoms with van der Waals surface area (Å²) in [6, 6.07) is 20.3. The summed E-state index contributed by atoms with van der Waals surface area (Å²) in [6.07, 6.45) is 0. The predicted octanol–water partition coefficient (Wildman–Crippen LogP) is 4.44. The highest BCUT2D eigenvalue weighted by Gasteiger charge is 2.27. The van der Waals surface area contributed by atoms with Crippen molar-refractivity contribution < 1.29 is 17.9 Å². The third kappa shape index (κ3) is 5.11. The smallest absolute Gasteiger partial charge is 0.264 e. The number of anilines is 2. The lowest BCUT2D eigenvalue weighted by molar-refractivity contribution is -0.114. The fraction of sp³-hybridized carbons (Fsp3) is 0.136. The number of nitrogens with one attached hydrogen (secondary N) is 1. The van der Waals surface area contributed by atoms with E-state index in [2.05, 4.69) is 27.9 Å². The number of rotatable bonds is 7. The van der Waals surface area contributed by atoms with Gasteiger partial charge in [-0.15, -0.1) is 0 Å². The topological polar surface area (TPSA) is 75.7 Å². The lowest BCUT2D eigenvalue weighted by atomic mass is 10.2. The molecule has 0 atom stereocenters. The Morgan fingerprint density at radius 1 is 1.03 bits per heavy atom. The maximum Gasteiger partial charge on any atom is 0.264 e. The molecule has 0 aliphatic carbocycles. The van der Waals surface area contributed by atoms with Gasteiger partial charge in [-0.1, -0.05) is 18.2 Å². The van der Waals surface area contributed by atoms with Gasteiger partial charge in [0.2, 0.25) is 5.91 Å². The number of ether oxygens (including phenoxy) is 1. The molecule has 0 unspecified atom stereocenters. The first kappa shape index (κ1) is 22.1.